The van der Waals surface area contributed by atoms with Crippen LogP contribution in [0.1, 0.15) is 78.1 Å². The molecule has 0 heterocycles. The summed E-state index contributed by atoms with van der Waals surface area (Å²) in [5.74, 6) is 0.694. The van der Waals surface area contributed by atoms with E-state index in [0.29, 0.717) is 12.0 Å². The molecule has 3 unspecified atom stereocenters. The molecule has 3 nitrogen and oxygen atoms in total. The summed E-state index contributed by atoms with van der Waals surface area (Å²) in [5.41, 5.74) is -0.310. The van der Waals surface area contributed by atoms with Crippen LogP contribution in [-0.2, 0) is 4.74 Å². The van der Waals surface area contributed by atoms with Gasteiger partial charge in [-0.3, -0.25) is 5.32 Å². The lowest BCUT2D eigenvalue weighted by molar-refractivity contribution is -0.0108. The molecular weight excluding hydrogens is 260 g/mol. The molecule has 0 aromatic heterocycles. The van der Waals surface area contributed by atoms with Gasteiger partial charge in [-0.15, -0.1) is 0 Å². The molecule has 0 spiro atoms. The van der Waals surface area contributed by atoms with Crippen LogP contribution in [0.4, 0.5) is 0 Å². The quantitative estimate of drug-likeness (QED) is 0.693. The maximum atomic E-state index is 9.61. The van der Waals surface area contributed by atoms with Crippen molar-refractivity contribution in [3.8, 4) is 6.07 Å². The monoisotopic (exact) mass is 292 g/mol. The molecule has 3 heteroatoms. The van der Waals surface area contributed by atoms with Crippen molar-refractivity contribution in [2.75, 3.05) is 6.61 Å². The first-order valence-electron chi connectivity index (χ1n) is 9.02. The first-order valence-corrected chi connectivity index (χ1v) is 9.02. The Balaban J connectivity index is 1.78. The number of nitriles is 1. The van der Waals surface area contributed by atoms with E-state index in [0.717, 1.165) is 32.3 Å². The second-order valence-electron chi connectivity index (χ2n) is 7.08. The number of nitrogens with zero attached hydrogens (tertiary/aromatic N) is 1. The second-order valence-corrected chi connectivity index (χ2v) is 7.08. The Kier molecular flexibility index (Phi) is 6.51. The number of nitrogens with one attached hydrogen (secondary N) is 1. The van der Waals surface area contributed by atoms with Crippen LogP contribution in [0.3, 0.4) is 0 Å². The van der Waals surface area contributed by atoms with Crippen molar-refractivity contribution in [1.82, 2.24) is 5.32 Å². The van der Waals surface area contributed by atoms with Gasteiger partial charge in [-0.1, -0.05) is 33.1 Å². The van der Waals surface area contributed by atoms with Gasteiger partial charge < -0.3 is 4.74 Å². The molecule has 0 aromatic carbocycles. The SMILES string of the molecule is CCCCC(CC)COC1CCCC(C#N)(NC2CC2)C1. The van der Waals surface area contributed by atoms with E-state index in [2.05, 4.69) is 25.2 Å². The number of hydrogen-bond donors (Lipinski definition) is 1. The van der Waals surface area contributed by atoms with E-state index in [4.69, 9.17) is 4.74 Å². The number of rotatable bonds is 9. The van der Waals surface area contributed by atoms with Gasteiger partial charge in [0.2, 0.25) is 0 Å². The van der Waals surface area contributed by atoms with E-state index in [1.807, 2.05) is 0 Å². The summed E-state index contributed by atoms with van der Waals surface area (Å²) in [6.45, 7) is 5.39. The van der Waals surface area contributed by atoms with Crippen molar-refractivity contribution in [2.24, 2.45) is 5.92 Å². The third kappa shape index (κ3) is 5.27. The maximum Gasteiger partial charge on any atom is 0.109 e. The van der Waals surface area contributed by atoms with Crippen molar-refractivity contribution >= 4 is 0 Å². The smallest absolute Gasteiger partial charge is 0.109 e. The van der Waals surface area contributed by atoms with E-state index in [1.165, 1.54) is 38.5 Å². The molecule has 120 valence electrons. The van der Waals surface area contributed by atoms with Crippen LogP contribution in [0.15, 0.2) is 0 Å². The molecule has 3 atom stereocenters. The molecule has 21 heavy (non-hydrogen) atoms. The van der Waals surface area contributed by atoms with Crippen LogP contribution < -0.4 is 5.32 Å². The third-order valence-corrected chi connectivity index (χ3v) is 5.09. The molecule has 0 bridgehead atoms. The van der Waals surface area contributed by atoms with Gasteiger partial charge in [0, 0.05) is 19.1 Å². The molecule has 0 saturated heterocycles. The zero-order chi connectivity index (χ0) is 15.1. The maximum absolute atomic E-state index is 9.61. The Morgan fingerprint density at radius 3 is 2.76 bits per heavy atom. The molecule has 0 aliphatic heterocycles. The van der Waals surface area contributed by atoms with Crippen molar-refractivity contribution < 1.29 is 4.74 Å². The van der Waals surface area contributed by atoms with Crippen molar-refractivity contribution in [1.29, 1.82) is 5.26 Å². The minimum Gasteiger partial charge on any atom is -0.378 e. The Morgan fingerprint density at radius 2 is 2.14 bits per heavy atom. The van der Waals surface area contributed by atoms with Gasteiger partial charge in [0.25, 0.3) is 0 Å². The summed E-state index contributed by atoms with van der Waals surface area (Å²) in [5, 5.41) is 13.2. The topological polar surface area (TPSA) is 45.0 Å². The third-order valence-electron chi connectivity index (χ3n) is 5.09. The fraction of sp³-hybridized carbons (Fsp3) is 0.944. The van der Waals surface area contributed by atoms with Gasteiger partial charge in [0.15, 0.2) is 0 Å². The van der Waals surface area contributed by atoms with Gasteiger partial charge in [-0.05, 0) is 44.4 Å². The molecule has 2 aliphatic carbocycles. The summed E-state index contributed by atoms with van der Waals surface area (Å²) in [7, 11) is 0. The lowest BCUT2D eigenvalue weighted by atomic mass is 9.81. The highest BCUT2D eigenvalue weighted by atomic mass is 16.5. The zero-order valence-corrected chi connectivity index (χ0v) is 13.9. The molecule has 1 N–H and O–H groups in total. The van der Waals surface area contributed by atoms with Crippen molar-refractivity contribution in [2.45, 2.75) is 95.7 Å². The van der Waals surface area contributed by atoms with E-state index in [9.17, 15) is 5.26 Å². The summed E-state index contributed by atoms with van der Waals surface area (Å²) in [6, 6.07) is 3.16. The predicted molar refractivity (Wildman–Crippen MR) is 86.0 cm³/mol. The number of hydrogen-bond acceptors (Lipinski definition) is 3. The van der Waals surface area contributed by atoms with Crippen molar-refractivity contribution in [3.05, 3.63) is 0 Å². The lowest BCUT2D eigenvalue weighted by Crippen LogP contribution is -2.50. The van der Waals surface area contributed by atoms with Crippen LogP contribution in [0, 0.1) is 17.2 Å². The first kappa shape index (κ1) is 16.8. The minimum absolute atomic E-state index is 0.278. The Labute approximate surface area is 130 Å². The molecule has 2 fully saturated rings. The molecule has 2 rings (SSSR count). The normalized spacial score (nSPS) is 30.8. The standard InChI is InChI=1S/C18H32N2O/c1-3-5-7-15(4-2)13-21-17-8-6-11-18(12-17,14-19)20-16-9-10-16/h15-17,20H,3-13H2,1-2H3. The molecule has 0 radical (unpaired) electrons. The first-order chi connectivity index (χ1) is 10.2. The average Bonchev–Trinajstić information content (AvgIpc) is 3.31. The fourth-order valence-electron chi connectivity index (χ4n) is 3.42. The molecule has 0 aromatic rings. The predicted octanol–water partition coefficient (Wildman–Crippen LogP) is 4.18. The van der Waals surface area contributed by atoms with Crippen LogP contribution in [0.2, 0.25) is 0 Å². The Hall–Kier alpha value is -0.590. The summed E-state index contributed by atoms with van der Waals surface area (Å²) >= 11 is 0. The second kappa shape index (κ2) is 8.15. The van der Waals surface area contributed by atoms with Gasteiger partial charge in [-0.25, -0.2) is 0 Å². The lowest BCUT2D eigenvalue weighted by Gasteiger charge is -2.37. The summed E-state index contributed by atoms with van der Waals surface area (Å²) in [4.78, 5) is 0. The van der Waals surface area contributed by atoms with Gasteiger partial charge in [0.1, 0.15) is 5.54 Å². The highest BCUT2D eigenvalue weighted by molar-refractivity contribution is 5.12. The van der Waals surface area contributed by atoms with Gasteiger partial charge >= 0.3 is 0 Å². The van der Waals surface area contributed by atoms with Crippen LogP contribution >= 0.6 is 0 Å². The molecule has 0 amide bonds. The van der Waals surface area contributed by atoms with E-state index in [1.54, 1.807) is 0 Å². The highest BCUT2D eigenvalue weighted by Gasteiger charge is 2.40. The molecule has 2 saturated carbocycles. The van der Waals surface area contributed by atoms with E-state index in [-0.39, 0.29) is 11.6 Å². The zero-order valence-electron chi connectivity index (χ0n) is 13.9. The van der Waals surface area contributed by atoms with E-state index >= 15 is 0 Å². The minimum atomic E-state index is -0.310. The van der Waals surface area contributed by atoms with Crippen LogP contribution in [-0.4, -0.2) is 24.3 Å². The Morgan fingerprint density at radius 1 is 1.33 bits per heavy atom. The summed E-state index contributed by atoms with van der Waals surface area (Å²) < 4.78 is 6.20. The Bertz CT molecular complexity index is 348. The number of ether oxygens (including phenoxy) is 1. The largest absolute Gasteiger partial charge is 0.378 e. The fourth-order valence-corrected chi connectivity index (χ4v) is 3.42. The van der Waals surface area contributed by atoms with Crippen LogP contribution in [0.5, 0.6) is 0 Å². The number of unbranched alkanes of at least 4 members (excludes halogenated alkanes) is 1. The van der Waals surface area contributed by atoms with Gasteiger partial charge in [0.05, 0.1) is 12.2 Å². The molecular formula is C18H32N2O. The summed E-state index contributed by atoms with van der Waals surface area (Å²) in [6.07, 6.45) is 11.9. The average molecular weight is 292 g/mol. The highest BCUT2D eigenvalue weighted by Crippen LogP contribution is 2.34. The van der Waals surface area contributed by atoms with Crippen LogP contribution in [0.25, 0.3) is 0 Å². The molecule has 2 aliphatic rings. The van der Waals surface area contributed by atoms with Gasteiger partial charge in [-0.2, -0.15) is 5.26 Å². The van der Waals surface area contributed by atoms with Crippen molar-refractivity contribution in [3.63, 3.8) is 0 Å². The van der Waals surface area contributed by atoms with E-state index < -0.39 is 0 Å².